The van der Waals surface area contributed by atoms with Crippen LogP contribution in [-0.2, 0) is 19.8 Å². The van der Waals surface area contributed by atoms with E-state index >= 15 is 0 Å². The number of hydrogen-bond acceptors (Lipinski definition) is 6. The molecule has 0 saturated carbocycles. The summed E-state index contributed by atoms with van der Waals surface area (Å²) in [6.45, 7) is 0.626. The Bertz CT molecular complexity index is 1670. The molecule has 2 aromatic carbocycles. The van der Waals surface area contributed by atoms with Gasteiger partial charge in [-0.25, -0.2) is 4.98 Å². The molecule has 0 spiro atoms. The normalized spacial score (nSPS) is 12.7. The van der Waals surface area contributed by atoms with Gasteiger partial charge in [-0.05, 0) is 35.4 Å². The Morgan fingerprint density at radius 2 is 1.87 bits per heavy atom. The minimum Gasteiger partial charge on any atom is -0.493 e. The fourth-order valence-electron chi connectivity index (χ4n) is 4.23. The molecule has 1 aliphatic rings. The van der Waals surface area contributed by atoms with Crippen molar-refractivity contribution >= 4 is 33.5 Å². The molecule has 0 fully saturated rings. The molecule has 13 heteroatoms. The number of anilines is 1. The standard InChI is InChI=1S/C13H12FN5O.C12H9F3N2O/c1-18(14)13(20)7-3-4-10-8(5-7)11-9(12(15)17-10)6-16-19(11)2;13-12(14,15)17-7-10(6-16-17)9-2-1-8-3-4-18-11(8)5-9/h3-6H,1-2H3,(H2,15,17);1-2,5-7H,3-4H2. The fourth-order valence-corrected chi connectivity index (χ4v) is 4.23. The number of carbonyl (C=O) groups excluding carboxylic acids is 1. The van der Waals surface area contributed by atoms with Crippen molar-refractivity contribution in [2.45, 2.75) is 12.7 Å². The van der Waals surface area contributed by atoms with Gasteiger partial charge in [0, 0.05) is 43.2 Å². The van der Waals surface area contributed by atoms with Crippen LogP contribution in [0.15, 0.2) is 55.0 Å². The van der Waals surface area contributed by atoms with Crippen molar-refractivity contribution in [3.63, 3.8) is 0 Å². The summed E-state index contributed by atoms with van der Waals surface area (Å²) in [4.78, 5) is 16.0. The lowest BCUT2D eigenvalue weighted by molar-refractivity contribution is -0.212. The Balaban J connectivity index is 0.000000156. The summed E-state index contributed by atoms with van der Waals surface area (Å²) in [6.07, 6.45) is 0.149. The highest BCUT2D eigenvalue weighted by atomic mass is 19.4. The third kappa shape index (κ3) is 4.58. The second-order valence-corrected chi connectivity index (χ2v) is 8.60. The Hall–Kier alpha value is -4.68. The maximum absolute atomic E-state index is 13.0. The highest BCUT2D eigenvalue weighted by molar-refractivity contribution is 6.10. The Morgan fingerprint density at radius 1 is 1.08 bits per heavy atom. The van der Waals surface area contributed by atoms with E-state index in [1.54, 1.807) is 42.2 Å². The molecule has 0 radical (unpaired) electrons. The lowest BCUT2D eigenvalue weighted by atomic mass is 10.1. The highest BCUT2D eigenvalue weighted by Gasteiger charge is 2.31. The second kappa shape index (κ2) is 9.32. The van der Waals surface area contributed by atoms with Crippen LogP contribution in [0, 0.1) is 0 Å². The Morgan fingerprint density at radius 3 is 2.58 bits per heavy atom. The van der Waals surface area contributed by atoms with Gasteiger partial charge in [0.25, 0.3) is 5.91 Å². The number of nitrogens with zero attached hydrogens (tertiary/aromatic N) is 6. The molecule has 196 valence electrons. The van der Waals surface area contributed by atoms with Crippen LogP contribution in [0.4, 0.5) is 23.5 Å². The number of aromatic nitrogens is 5. The van der Waals surface area contributed by atoms with Gasteiger partial charge < -0.3 is 10.5 Å². The first kappa shape index (κ1) is 25.0. The summed E-state index contributed by atoms with van der Waals surface area (Å²) in [6, 6.07) is 10.2. The van der Waals surface area contributed by atoms with Gasteiger partial charge in [0.2, 0.25) is 0 Å². The topological polar surface area (TPSA) is 104 Å². The molecule has 5 aromatic rings. The predicted molar refractivity (Wildman–Crippen MR) is 132 cm³/mol. The lowest BCUT2D eigenvalue weighted by Crippen LogP contribution is -2.17. The van der Waals surface area contributed by atoms with E-state index < -0.39 is 12.2 Å². The SMILES string of the molecule is CN(F)C(=O)c1ccc2nc(N)c3cnn(C)c3c2c1.FC(F)(F)n1cc(-c2ccc3c(c2)OCC3)cn1. The van der Waals surface area contributed by atoms with Gasteiger partial charge in [-0.15, -0.1) is 13.2 Å². The van der Waals surface area contributed by atoms with Crippen molar-refractivity contribution in [1.29, 1.82) is 0 Å². The first-order valence-corrected chi connectivity index (χ1v) is 11.4. The minimum atomic E-state index is -4.48. The first-order chi connectivity index (χ1) is 18.0. The number of carbonyl (C=O) groups is 1. The summed E-state index contributed by atoms with van der Waals surface area (Å²) in [5.74, 6) is 0.411. The van der Waals surface area contributed by atoms with E-state index in [-0.39, 0.29) is 15.4 Å². The summed E-state index contributed by atoms with van der Waals surface area (Å²) in [7, 11) is 2.84. The van der Waals surface area contributed by atoms with Gasteiger partial charge in [-0.3, -0.25) is 9.48 Å². The fraction of sp³-hybridized carbons (Fsp3) is 0.200. The number of alkyl halides is 3. The van der Waals surface area contributed by atoms with Crippen LogP contribution in [0.3, 0.4) is 0 Å². The van der Waals surface area contributed by atoms with Crippen LogP contribution < -0.4 is 10.5 Å². The molecule has 0 saturated heterocycles. The van der Waals surface area contributed by atoms with Gasteiger partial charge in [-0.1, -0.05) is 16.6 Å². The van der Waals surface area contributed by atoms with Crippen molar-refractivity contribution in [3.8, 4) is 16.9 Å². The molecule has 6 rings (SSSR count). The largest absolute Gasteiger partial charge is 0.504 e. The van der Waals surface area contributed by atoms with E-state index in [9.17, 15) is 22.4 Å². The zero-order chi connectivity index (χ0) is 27.2. The monoisotopic (exact) mass is 527 g/mol. The Kier molecular flexibility index (Phi) is 6.13. The maximum atomic E-state index is 13.0. The van der Waals surface area contributed by atoms with E-state index in [1.807, 2.05) is 6.07 Å². The number of fused-ring (bicyclic) bond motifs is 4. The number of aryl methyl sites for hydroxylation is 1. The van der Waals surface area contributed by atoms with Crippen LogP contribution in [0.25, 0.3) is 32.9 Å². The van der Waals surface area contributed by atoms with E-state index in [1.165, 1.54) is 12.3 Å². The van der Waals surface area contributed by atoms with Crippen molar-refractivity contribution in [2.24, 2.45) is 7.05 Å². The molecule has 0 unspecified atom stereocenters. The van der Waals surface area contributed by atoms with E-state index in [0.29, 0.717) is 39.8 Å². The molecular formula is C25H21F4N7O2. The molecule has 0 bridgehead atoms. The summed E-state index contributed by atoms with van der Waals surface area (Å²) < 4.78 is 57.3. The molecular weight excluding hydrogens is 506 g/mol. The average Bonchev–Trinajstić information content (AvgIpc) is 3.63. The average molecular weight is 527 g/mol. The number of ether oxygens (including phenoxy) is 1. The zero-order valence-corrected chi connectivity index (χ0v) is 20.2. The lowest BCUT2D eigenvalue weighted by Gasteiger charge is -2.08. The molecule has 0 atom stereocenters. The molecule has 0 aliphatic carbocycles. The number of amides is 1. The van der Waals surface area contributed by atoms with Crippen molar-refractivity contribution < 1.29 is 27.2 Å². The van der Waals surface area contributed by atoms with Gasteiger partial charge in [-0.2, -0.15) is 20.0 Å². The number of hydrogen-bond donors (Lipinski definition) is 1. The highest BCUT2D eigenvalue weighted by Crippen LogP contribution is 2.32. The first-order valence-electron chi connectivity index (χ1n) is 11.4. The van der Waals surface area contributed by atoms with E-state index in [4.69, 9.17) is 10.5 Å². The van der Waals surface area contributed by atoms with Crippen LogP contribution in [0.5, 0.6) is 5.75 Å². The van der Waals surface area contributed by atoms with Crippen LogP contribution in [0.2, 0.25) is 0 Å². The number of nitrogens with two attached hydrogens (primary N) is 1. The van der Waals surface area contributed by atoms with Gasteiger partial charge >= 0.3 is 6.30 Å². The van der Waals surface area contributed by atoms with Crippen LogP contribution in [0.1, 0.15) is 15.9 Å². The van der Waals surface area contributed by atoms with Gasteiger partial charge in [0.1, 0.15) is 11.6 Å². The van der Waals surface area contributed by atoms with Gasteiger partial charge in [0.05, 0.1) is 35.4 Å². The Labute approximate surface area is 213 Å². The number of benzene rings is 2. The molecule has 38 heavy (non-hydrogen) atoms. The van der Waals surface area contributed by atoms with Crippen LogP contribution >= 0.6 is 0 Å². The third-order valence-corrected chi connectivity index (χ3v) is 6.11. The minimum absolute atomic E-state index is 0.00355. The summed E-state index contributed by atoms with van der Waals surface area (Å²) in [5, 5.41) is 8.92. The predicted octanol–water partition coefficient (Wildman–Crippen LogP) is 4.62. The molecule has 4 heterocycles. The number of pyridine rings is 1. The van der Waals surface area contributed by atoms with Crippen LogP contribution in [-0.4, -0.2) is 49.2 Å². The second-order valence-electron chi connectivity index (χ2n) is 8.60. The molecule has 1 amide bonds. The third-order valence-electron chi connectivity index (χ3n) is 6.11. The summed E-state index contributed by atoms with van der Waals surface area (Å²) in [5.41, 5.74) is 9.71. The maximum Gasteiger partial charge on any atom is 0.504 e. The van der Waals surface area contributed by atoms with Crippen molar-refractivity contribution in [1.82, 2.24) is 29.7 Å². The quantitative estimate of drug-likeness (QED) is 0.265. The molecule has 2 N–H and O–H groups in total. The molecule has 1 aliphatic heterocycles. The van der Waals surface area contributed by atoms with E-state index in [0.717, 1.165) is 36.5 Å². The summed E-state index contributed by atoms with van der Waals surface area (Å²) >= 11 is 0. The smallest absolute Gasteiger partial charge is 0.493 e. The van der Waals surface area contributed by atoms with E-state index in [2.05, 4.69) is 15.2 Å². The number of halogens is 4. The van der Waals surface area contributed by atoms with Crippen molar-refractivity contribution in [2.75, 3.05) is 19.4 Å². The number of rotatable bonds is 2. The molecule has 9 nitrogen and oxygen atoms in total. The zero-order valence-electron chi connectivity index (χ0n) is 20.2. The number of nitrogen functional groups attached to an aromatic ring is 1. The van der Waals surface area contributed by atoms with Crippen molar-refractivity contribution in [3.05, 3.63) is 66.1 Å². The molecule has 3 aromatic heterocycles. The van der Waals surface area contributed by atoms with Gasteiger partial charge in [0.15, 0.2) is 0 Å².